The minimum Gasteiger partial charge on any atom is -0.349 e. The fourth-order valence-corrected chi connectivity index (χ4v) is 4.46. The number of aromatic nitrogens is 2. The molecule has 3 rings (SSSR count). The second-order valence-electron chi connectivity index (χ2n) is 9.25. The molecule has 146 valence electrons. The largest absolute Gasteiger partial charge is 0.349 e. The zero-order chi connectivity index (χ0) is 19.8. The molecule has 0 bridgehead atoms. The molecular formula is C22H32N4O. The van der Waals surface area contributed by atoms with Crippen molar-refractivity contribution >= 4 is 5.91 Å². The molecule has 5 nitrogen and oxygen atoms in total. The molecule has 2 N–H and O–H groups in total. The fourth-order valence-electron chi connectivity index (χ4n) is 4.46. The van der Waals surface area contributed by atoms with E-state index in [1.165, 1.54) is 0 Å². The van der Waals surface area contributed by atoms with E-state index in [0.29, 0.717) is 5.56 Å². The first-order valence-corrected chi connectivity index (χ1v) is 9.73. The van der Waals surface area contributed by atoms with Crippen LogP contribution in [0.25, 0.3) is 0 Å². The Morgan fingerprint density at radius 2 is 1.74 bits per heavy atom. The fraction of sp³-hybridized carbons (Fsp3) is 0.545. The molecule has 0 spiro atoms. The van der Waals surface area contributed by atoms with E-state index in [1.807, 2.05) is 35.9 Å². The number of nitrogens with one attached hydrogen (secondary N) is 2. The van der Waals surface area contributed by atoms with Crippen LogP contribution in [-0.4, -0.2) is 32.8 Å². The van der Waals surface area contributed by atoms with Gasteiger partial charge < -0.3 is 10.6 Å². The van der Waals surface area contributed by atoms with Crippen LogP contribution in [0.2, 0.25) is 0 Å². The van der Waals surface area contributed by atoms with Crippen molar-refractivity contribution in [2.45, 2.75) is 78.0 Å². The monoisotopic (exact) mass is 368 g/mol. The molecule has 0 atom stereocenters. The Morgan fingerprint density at radius 3 is 2.26 bits per heavy atom. The van der Waals surface area contributed by atoms with Crippen LogP contribution in [0, 0.1) is 13.8 Å². The number of hydrogen-bond acceptors (Lipinski definition) is 3. The highest BCUT2D eigenvalue weighted by atomic mass is 16.1. The third-order valence-electron chi connectivity index (χ3n) is 5.18. The van der Waals surface area contributed by atoms with Gasteiger partial charge in [0.25, 0.3) is 5.91 Å². The summed E-state index contributed by atoms with van der Waals surface area (Å²) in [5.41, 5.74) is 4.05. The normalized spacial score (nSPS) is 19.0. The Bertz CT molecular complexity index is 801. The van der Waals surface area contributed by atoms with E-state index in [1.54, 1.807) is 0 Å². The summed E-state index contributed by atoms with van der Waals surface area (Å²) < 4.78 is 1.99. The number of hydrogen-bond donors (Lipinski definition) is 2. The van der Waals surface area contributed by atoms with Crippen molar-refractivity contribution < 1.29 is 4.79 Å². The lowest BCUT2D eigenvalue weighted by atomic mass is 9.79. The maximum absolute atomic E-state index is 12.7. The molecule has 1 aliphatic heterocycles. The molecule has 1 fully saturated rings. The van der Waals surface area contributed by atoms with Gasteiger partial charge in [-0.2, -0.15) is 5.10 Å². The number of piperidine rings is 1. The van der Waals surface area contributed by atoms with Gasteiger partial charge in [-0.05, 0) is 78.1 Å². The zero-order valence-corrected chi connectivity index (χ0v) is 17.4. The predicted octanol–water partition coefficient (Wildman–Crippen LogP) is 3.59. The van der Waals surface area contributed by atoms with Gasteiger partial charge in [0.05, 0.1) is 12.2 Å². The number of carbonyl (C=O) groups is 1. The Labute approximate surface area is 162 Å². The summed E-state index contributed by atoms with van der Waals surface area (Å²) in [4.78, 5) is 12.7. The van der Waals surface area contributed by atoms with Crippen molar-refractivity contribution in [2.75, 3.05) is 0 Å². The van der Waals surface area contributed by atoms with Gasteiger partial charge in [0, 0.05) is 28.4 Å². The third kappa shape index (κ3) is 4.98. The van der Waals surface area contributed by atoms with Gasteiger partial charge in [-0.3, -0.25) is 9.48 Å². The number of nitrogens with zero attached hydrogens (tertiary/aromatic N) is 2. The number of aryl methyl sites for hydroxylation is 2. The van der Waals surface area contributed by atoms with Gasteiger partial charge in [-0.25, -0.2) is 0 Å². The van der Waals surface area contributed by atoms with E-state index in [2.05, 4.69) is 56.4 Å². The summed E-state index contributed by atoms with van der Waals surface area (Å²) in [6, 6.07) is 10.1. The minimum absolute atomic E-state index is 0.00571. The summed E-state index contributed by atoms with van der Waals surface area (Å²) in [5, 5.41) is 11.4. The Morgan fingerprint density at radius 1 is 1.15 bits per heavy atom. The first-order chi connectivity index (χ1) is 12.5. The number of rotatable bonds is 4. The molecule has 1 aliphatic rings. The predicted molar refractivity (Wildman–Crippen MR) is 109 cm³/mol. The van der Waals surface area contributed by atoms with E-state index >= 15 is 0 Å². The van der Waals surface area contributed by atoms with Crippen LogP contribution in [0.4, 0.5) is 0 Å². The molecule has 1 saturated heterocycles. The van der Waals surface area contributed by atoms with E-state index < -0.39 is 0 Å². The second-order valence-corrected chi connectivity index (χ2v) is 9.25. The van der Waals surface area contributed by atoms with Crippen LogP contribution in [-0.2, 0) is 6.54 Å². The van der Waals surface area contributed by atoms with Crippen LogP contribution >= 0.6 is 0 Å². The number of amides is 1. The summed E-state index contributed by atoms with van der Waals surface area (Å²) in [7, 11) is 0. The maximum Gasteiger partial charge on any atom is 0.251 e. The highest BCUT2D eigenvalue weighted by Crippen LogP contribution is 2.28. The summed E-state index contributed by atoms with van der Waals surface area (Å²) in [6.45, 7) is 13.6. The van der Waals surface area contributed by atoms with E-state index in [0.717, 1.165) is 36.3 Å². The highest BCUT2D eigenvalue weighted by Gasteiger charge is 2.38. The molecule has 0 saturated carbocycles. The van der Waals surface area contributed by atoms with Gasteiger partial charge in [0.15, 0.2) is 0 Å². The second kappa shape index (κ2) is 7.12. The van der Waals surface area contributed by atoms with Gasteiger partial charge in [-0.1, -0.05) is 12.1 Å². The van der Waals surface area contributed by atoms with Crippen LogP contribution in [0.15, 0.2) is 30.3 Å². The highest BCUT2D eigenvalue weighted by molar-refractivity contribution is 5.94. The summed E-state index contributed by atoms with van der Waals surface area (Å²) in [5.74, 6) is 0.00571. The first kappa shape index (κ1) is 19.6. The Balaban J connectivity index is 1.64. The zero-order valence-electron chi connectivity index (χ0n) is 17.4. The van der Waals surface area contributed by atoms with Crippen LogP contribution in [0.5, 0.6) is 0 Å². The summed E-state index contributed by atoms with van der Waals surface area (Å²) in [6.07, 6.45) is 1.86. The SMILES string of the molecule is Cc1cc(C)n(Cc2ccc(C(=O)NC3CC(C)(C)NC(C)(C)C3)cc2)n1. The molecule has 2 aromatic rings. The smallest absolute Gasteiger partial charge is 0.251 e. The lowest BCUT2D eigenvalue weighted by Gasteiger charge is -2.46. The molecule has 27 heavy (non-hydrogen) atoms. The van der Waals surface area contributed by atoms with Gasteiger partial charge >= 0.3 is 0 Å². The minimum atomic E-state index is 0.00571. The van der Waals surface area contributed by atoms with E-state index in [4.69, 9.17) is 0 Å². The third-order valence-corrected chi connectivity index (χ3v) is 5.18. The molecule has 5 heteroatoms. The molecule has 1 aromatic heterocycles. The van der Waals surface area contributed by atoms with Crippen LogP contribution in [0.3, 0.4) is 0 Å². The van der Waals surface area contributed by atoms with E-state index in [-0.39, 0.29) is 23.0 Å². The first-order valence-electron chi connectivity index (χ1n) is 9.73. The standard InChI is InChI=1S/C22H32N4O/c1-15-11-16(2)26(24-15)14-17-7-9-18(10-8-17)20(27)23-19-12-21(3,4)25-22(5,6)13-19/h7-11,19,25H,12-14H2,1-6H3,(H,23,27). The van der Waals surface area contributed by atoms with Crippen molar-refractivity contribution in [3.63, 3.8) is 0 Å². The van der Waals surface area contributed by atoms with Gasteiger partial charge in [0.2, 0.25) is 0 Å². The van der Waals surface area contributed by atoms with Crippen LogP contribution < -0.4 is 10.6 Å². The molecule has 1 amide bonds. The van der Waals surface area contributed by atoms with Gasteiger partial charge in [0.1, 0.15) is 0 Å². The summed E-state index contributed by atoms with van der Waals surface area (Å²) >= 11 is 0. The molecule has 1 aromatic carbocycles. The molecule has 0 radical (unpaired) electrons. The number of carbonyl (C=O) groups excluding carboxylic acids is 1. The topological polar surface area (TPSA) is 59.0 Å². The van der Waals surface area contributed by atoms with Crippen molar-refractivity contribution in [3.8, 4) is 0 Å². The Hall–Kier alpha value is -2.14. The van der Waals surface area contributed by atoms with Gasteiger partial charge in [-0.15, -0.1) is 0 Å². The van der Waals surface area contributed by atoms with Crippen LogP contribution in [0.1, 0.15) is 67.8 Å². The molecule has 0 unspecified atom stereocenters. The van der Waals surface area contributed by atoms with Crippen molar-refractivity contribution in [3.05, 3.63) is 52.8 Å². The molecule has 0 aliphatic carbocycles. The van der Waals surface area contributed by atoms with E-state index in [9.17, 15) is 4.79 Å². The van der Waals surface area contributed by atoms with Crippen molar-refractivity contribution in [1.29, 1.82) is 0 Å². The number of benzene rings is 1. The van der Waals surface area contributed by atoms with Crippen molar-refractivity contribution in [1.82, 2.24) is 20.4 Å². The molecule has 2 heterocycles. The maximum atomic E-state index is 12.7. The van der Waals surface area contributed by atoms with Crippen molar-refractivity contribution in [2.24, 2.45) is 0 Å². The molecular weight excluding hydrogens is 336 g/mol. The quantitative estimate of drug-likeness (QED) is 0.867. The lowest BCUT2D eigenvalue weighted by molar-refractivity contribution is 0.0873. The average Bonchev–Trinajstić information content (AvgIpc) is 2.82. The average molecular weight is 369 g/mol. The Kier molecular flexibility index (Phi) is 5.17. The lowest BCUT2D eigenvalue weighted by Crippen LogP contribution is -2.62.